The highest BCUT2D eigenvalue weighted by atomic mass is 32.2. The number of hydrogen-bond acceptors (Lipinski definition) is 4. The molecule has 0 bridgehead atoms. The Labute approximate surface area is 102 Å². The molecule has 1 unspecified atom stereocenters. The molecule has 1 aliphatic rings. The van der Waals surface area contributed by atoms with Gasteiger partial charge in [0.15, 0.2) is 0 Å². The number of aldehydes is 1. The van der Waals surface area contributed by atoms with Crippen LogP contribution in [0.1, 0.15) is 6.92 Å². The molecule has 1 aromatic carbocycles. The molecule has 0 spiro atoms. The monoisotopic (exact) mass is 250 g/mol. The third-order valence-electron chi connectivity index (χ3n) is 2.28. The lowest BCUT2D eigenvalue weighted by atomic mass is 10.2. The lowest BCUT2D eigenvalue weighted by Crippen LogP contribution is -2.26. The second-order valence-electron chi connectivity index (χ2n) is 3.57. The summed E-state index contributed by atoms with van der Waals surface area (Å²) in [5.74, 6) is -0.783. The second kappa shape index (κ2) is 4.58. The highest BCUT2D eigenvalue weighted by molar-refractivity contribution is 8.00. The summed E-state index contributed by atoms with van der Waals surface area (Å²) in [6, 6.07) is 5.13. The Bertz CT molecular complexity index is 501. The van der Waals surface area contributed by atoms with Crippen LogP contribution in [0.15, 0.2) is 23.1 Å². The van der Waals surface area contributed by atoms with E-state index in [1.165, 1.54) is 11.8 Å². The Morgan fingerprint density at radius 3 is 3.00 bits per heavy atom. The summed E-state index contributed by atoms with van der Waals surface area (Å²) in [6.07, 6.45) is 0.203. The van der Waals surface area contributed by atoms with Crippen molar-refractivity contribution in [3.05, 3.63) is 18.2 Å². The first kappa shape index (κ1) is 11.7. The molecule has 0 radical (unpaired) electrons. The van der Waals surface area contributed by atoms with Gasteiger partial charge in [0.2, 0.25) is 12.2 Å². The number of hydrogen-bond donors (Lipinski definition) is 2. The molecule has 1 aromatic rings. The van der Waals surface area contributed by atoms with Crippen LogP contribution in [0.3, 0.4) is 0 Å². The highest BCUT2D eigenvalue weighted by Crippen LogP contribution is 2.36. The molecule has 0 saturated heterocycles. The minimum Gasteiger partial charge on any atom is -0.324 e. The van der Waals surface area contributed by atoms with E-state index in [0.717, 1.165) is 4.90 Å². The minimum atomic E-state index is -0.715. The highest BCUT2D eigenvalue weighted by Gasteiger charge is 2.22. The molecule has 88 valence electrons. The standard InChI is InChI=1S/C11H10N2O3S/c1-6-11(16)13-8-4-7(12-10(15)5-14)2-3-9(8)17-6/h2-6H,1H3,(H,12,15)(H,13,16). The van der Waals surface area contributed by atoms with E-state index < -0.39 is 5.91 Å². The zero-order chi connectivity index (χ0) is 12.4. The van der Waals surface area contributed by atoms with Crippen molar-refractivity contribution in [2.24, 2.45) is 0 Å². The molecule has 1 aliphatic heterocycles. The summed E-state index contributed by atoms with van der Waals surface area (Å²) in [4.78, 5) is 33.5. The van der Waals surface area contributed by atoms with Gasteiger partial charge in [0, 0.05) is 10.6 Å². The number of amides is 2. The SMILES string of the molecule is CC1Sc2ccc(NC(=O)C=O)cc2NC1=O. The molecule has 2 rings (SSSR count). The quantitative estimate of drug-likeness (QED) is 0.612. The summed E-state index contributed by atoms with van der Waals surface area (Å²) < 4.78 is 0. The molecule has 1 atom stereocenters. The van der Waals surface area contributed by atoms with Crippen LogP contribution in [0.4, 0.5) is 11.4 Å². The molecule has 6 heteroatoms. The molecule has 0 saturated carbocycles. The maximum atomic E-state index is 11.5. The van der Waals surface area contributed by atoms with Gasteiger partial charge in [-0.1, -0.05) is 0 Å². The van der Waals surface area contributed by atoms with Crippen LogP contribution in [0, 0.1) is 0 Å². The van der Waals surface area contributed by atoms with Crippen LogP contribution in [0.2, 0.25) is 0 Å². The Morgan fingerprint density at radius 1 is 1.53 bits per heavy atom. The van der Waals surface area contributed by atoms with E-state index >= 15 is 0 Å². The largest absolute Gasteiger partial charge is 0.324 e. The van der Waals surface area contributed by atoms with Crippen LogP contribution in [0.5, 0.6) is 0 Å². The van der Waals surface area contributed by atoms with Gasteiger partial charge in [-0.05, 0) is 25.1 Å². The lowest BCUT2D eigenvalue weighted by molar-refractivity contribution is -0.127. The molecule has 17 heavy (non-hydrogen) atoms. The Balaban J connectivity index is 2.25. The van der Waals surface area contributed by atoms with Crippen molar-refractivity contribution in [3.63, 3.8) is 0 Å². The fraction of sp³-hybridized carbons (Fsp3) is 0.182. The van der Waals surface area contributed by atoms with Crippen molar-refractivity contribution >= 4 is 41.2 Å². The Morgan fingerprint density at radius 2 is 2.29 bits per heavy atom. The third kappa shape index (κ3) is 2.47. The van der Waals surface area contributed by atoms with Gasteiger partial charge in [0.1, 0.15) is 0 Å². The second-order valence-corrected chi connectivity index (χ2v) is 4.95. The third-order valence-corrected chi connectivity index (χ3v) is 3.46. The van der Waals surface area contributed by atoms with Crippen molar-refractivity contribution in [2.75, 3.05) is 10.6 Å². The van der Waals surface area contributed by atoms with E-state index in [0.29, 0.717) is 11.4 Å². The predicted octanol–water partition coefficient (Wildman–Crippen LogP) is 1.26. The summed E-state index contributed by atoms with van der Waals surface area (Å²) in [6.45, 7) is 1.82. The van der Waals surface area contributed by atoms with E-state index in [-0.39, 0.29) is 17.4 Å². The van der Waals surface area contributed by atoms with Gasteiger partial charge in [-0.3, -0.25) is 14.4 Å². The van der Waals surface area contributed by atoms with Crippen molar-refractivity contribution < 1.29 is 14.4 Å². The van der Waals surface area contributed by atoms with Gasteiger partial charge < -0.3 is 10.6 Å². The van der Waals surface area contributed by atoms with Crippen molar-refractivity contribution in [1.82, 2.24) is 0 Å². The smallest absolute Gasteiger partial charge is 0.288 e. The first-order valence-corrected chi connectivity index (χ1v) is 5.86. The summed E-state index contributed by atoms with van der Waals surface area (Å²) in [7, 11) is 0. The van der Waals surface area contributed by atoms with Crippen molar-refractivity contribution in [2.45, 2.75) is 17.1 Å². The molecular formula is C11H10N2O3S. The number of benzene rings is 1. The average Bonchev–Trinajstić information content (AvgIpc) is 2.31. The number of fused-ring (bicyclic) bond motifs is 1. The molecule has 5 nitrogen and oxygen atoms in total. The average molecular weight is 250 g/mol. The molecule has 1 heterocycles. The fourth-order valence-corrected chi connectivity index (χ4v) is 2.39. The maximum Gasteiger partial charge on any atom is 0.288 e. The minimum absolute atomic E-state index is 0.0682. The zero-order valence-electron chi connectivity index (χ0n) is 9.02. The van der Waals surface area contributed by atoms with Crippen molar-refractivity contribution in [3.8, 4) is 0 Å². The first-order valence-electron chi connectivity index (χ1n) is 4.98. The summed E-state index contributed by atoms with van der Waals surface area (Å²) in [5.41, 5.74) is 1.14. The normalized spacial score (nSPS) is 17.9. The van der Waals surface area contributed by atoms with Crippen LogP contribution in [-0.2, 0) is 14.4 Å². The number of carbonyl (C=O) groups is 3. The van der Waals surface area contributed by atoms with Gasteiger partial charge in [0.25, 0.3) is 5.91 Å². The van der Waals surface area contributed by atoms with Gasteiger partial charge in [-0.25, -0.2) is 0 Å². The van der Waals surface area contributed by atoms with Crippen molar-refractivity contribution in [1.29, 1.82) is 0 Å². The fourth-order valence-electron chi connectivity index (χ4n) is 1.46. The number of rotatable bonds is 2. The Hall–Kier alpha value is -1.82. The van der Waals surface area contributed by atoms with Gasteiger partial charge in [0.05, 0.1) is 10.9 Å². The molecule has 2 amide bonds. The van der Waals surface area contributed by atoms with Crippen LogP contribution >= 0.6 is 11.8 Å². The number of anilines is 2. The summed E-state index contributed by atoms with van der Waals surface area (Å²) in [5, 5.41) is 5.02. The number of carbonyl (C=O) groups excluding carboxylic acids is 3. The Kier molecular flexibility index (Phi) is 3.14. The van der Waals surface area contributed by atoms with E-state index in [4.69, 9.17) is 0 Å². The van der Waals surface area contributed by atoms with Gasteiger partial charge in [-0.2, -0.15) is 0 Å². The van der Waals surface area contributed by atoms with E-state index in [1.54, 1.807) is 18.2 Å². The summed E-state index contributed by atoms with van der Waals surface area (Å²) >= 11 is 1.46. The topological polar surface area (TPSA) is 75.3 Å². The predicted molar refractivity (Wildman–Crippen MR) is 65.1 cm³/mol. The maximum absolute atomic E-state index is 11.5. The number of nitrogens with one attached hydrogen (secondary N) is 2. The van der Waals surface area contributed by atoms with E-state index in [2.05, 4.69) is 10.6 Å². The molecule has 0 aliphatic carbocycles. The van der Waals surface area contributed by atoms with Gasteiger partial charge >= 0.3 is 0 Å². The van der Waals surface area contributed by atoms with Crippen LogP contribution < -0.4 is 10.6 Å². The molecular weight excluding hydrogens is 240 g/mol. The molecule has 0 fully saturated rings. The molecule has 2 N–H and O–H groups in total. The first-order chi connectivity index (χ1) is 8.10. The lowest BCUT2D eigenvalue weighted by Gasteiger charge is -2.21. The zero-order valence-corrected chi connectivity index (χ0v) is 9.84. The van der Waals surface area contributed by atoms with Gasteiger partial charge in [-0.15, -0.1) is 11.8 Å². The molecule has 0 aromatic heterocycles. The van der Waals surface area contributed by atoms with Crippen LogP contribution in [0.25, 0.3) is 0 Å². The van der Waals surface area contributed by atoms with E-state index in [1.807, 2.05) is 6.92 Å². The van der Waals surface area contributed by atoms with E-state index in [9.17, 15) is 14.4 Å². The number of thioether (sulfide) groups is 1. The van der Waals surface area contributed by atoms with Crippen LogP contribution in [-0.4, -0.2) is 23.4 Å².